The Labute approximate surface area is 115 Å². The number of nitrogens with zero attached hydrogens (tertiary/aromatic N) is 2. The van der Waals surface area contributed by atoms with E-state index < -0.39 is 0 Å². The van der Waals surface area contributed by atoms with E-state index in [4.69, 9.17) is 4.74 Å². The lowest BCUT2D eigenvalue weighted by molar-refractivity contribution is 0.0562. The van der Waals surface area contributed by atoms with E-state index in [0.29, 0.717) is 19.8 Å². The maximum Gasteiger partial charge on any atom is 0.0900 e. The van der Waals surface area contributed by atoms with Crippen LogP contribution in [0.1, 0.15) is 4.88 Å². The van der Waals surface area contributed by atoms with E-state index in [1.807, 2.05) is 6.07 Å². The smallest absolute Gasteiger partial charge is 0.0900 e. The van der Waals surface area contributed by atoms with Gasteiger partial charge in [-0.1, -0.05) is 0 Å². The molecule has 0 saturated carbocycles. The molecule has 1 atom stereocenters. The van der Waals surface area contributed by atoms with Crippen LogP contribution in [0.15, 0.2) is 24.4 Å². The van der Waals surface area contributed by atoms with Crippen molar-refractivity contribution < 1.29 is 9.84 Å². The van der Waals surface area contributed by atoms with Crippen LogP contribution in [0.2, 0.25) is 0 Å². The highest BCUT2D eigenvalue weighted by Gasteiger charge is 2.17. The average Bonchev–Trinajstić information content (AvgIpc) is 3.01. The van der Waals surface area contributed by atoms with E-state index in [1.54, 1.807) is 17.5 Å². The molecule has 2 aromatic rings. The maximum atomic E-state index is 9.72. The van der Waals surface area contributed by atoms with Crippen molar-refractivity contribution in [1.82, 2.24) is 15.1 Å². The Balaban J connectivity index is 1.66. The van der Waals surface area contributed by atoms with Gasteiger partial charge in [0, 0.05) is 30.7 Å². The molecule has 1 fully saturated rings. The quantitative estimate of drug-likeness (QED) is 0.890. The number of thiophene rings is 1. The molecule has 0 unspecified atom stereocenters. The van der Waals surface area contributed by atoms with Crippen LogP contribution >= 0.6 is 11.3 Å². The predicted molar refractivity (Wildman–Crippen MR) is 74.0 cm³/mol. The monoisotopic (exact) mass is 279 g/mol. The molecule has 5 nitrogen and oxygen atoms in total. The number of aromatic amines is 1. The molecule has 0 aliphatic carbocycles. The number of H-pyrrole nitrogens is 1. The second-order valence-corrected chi connectivity index (χ2v) is 5.87. The second kappa shape index (κ2) is 5.83. The van der Waals surface area contributed by atoms with Crippen molar-refractivity contribution in [3.05, 3.63) is 29.3 Å². The van der Waals surface area contributed by atoms with Gasteiger partial charge in [0.25, 0.3) is 0 Å². The number of hydrogen-bond donors (Lipinski definition) is 2. The first-order valence-electron chi connectivity index (χ1n) is 6.38. The largest absolute Gasteiger partial charge is 0.389 e. The number of aromatic nitrogens is 2. The molecule has 2 aromatic heterocycles. The molecule has 0 bridgehead atoms. The minimum absolute atomic E-state index is 0.380. The maximum absolute atomic E-state index is 9.72. The fraction of sp³-hybridized carbons (Fsp3) is 0.462. The first-order valence-corrected chi connectivity index (χ1v) is 7.19. The molecule has 0 amide bonds. The molecule has 0 spiro atoms. The summed E-state index contributed by atoms with van der Waals surface area (Å²) >= 11 is 1.76. The molecule has 0 aromatic carbocycles. The van der Waals surface area contributed by atoms with E-state index in [9.17, 15) is 5.11 Å². The van der Waals surface area contributed by atoms with Crippen molar-refractivity contribution in [3.8, 4) is 10.6 Å². The lowest BCUT2D eigenvalue weighted by Gasteiger charge is -2.19. The Kier molecular flexibility index (Phi) is 3.93. The predicted octanol–water partition coefficient (Wildman–Crippen LogP) is 1.33. The first kappa shape index (κ1) is 12.8. The Morgan fingerprint density at radius 1 is 1.47 bits per heavy atom. The van der Waals surface area contributed by atoms with Gasteiger partial charge >= 0.3 is 0 Å². The van der Waals surface area contributed by atoms with Crippen LogP contribution in [-0.2, 0) is 11.3 Å². The molecule has 19 heavy (non-hydrogen) atoms. The van der Waals surface area contributed by atoms with E-state index in [-0.39, 0.29) is 6.10 Å². The van der Waals surface area contributed by atoms with Crippen molar-refractivity contribution in [3.63, 3.8) is 0 Å². The third kappa shape index (κ3) is 3.22. The van der Waals surface area contributed by atoms with Crippen molar-refractivity contribution in [2.24, 2.45) is 0 Å². The number of ether oxygens (including phenoxy) is 1. The van der Waals surface area contributed by atoms with Gasteiger partial charge in [-0.2, -0.15) is 5.10 Å². The van der Waals surface area contributed by atoms with Gasteiger partial charge in [-0.25, -0.2) is 0 Å². The van der Waals surface area contributed by atoms with Crippen LogP contribution < -0.4 is 0 Å². The molecule has 1 saturated heterocycles. The number of β-amino-alcohol motifs (C(OH)–C–C–N with tert-alkyl or cyclic N) is 1. The van der Waals surface area contributed by atoms with E-state index >= 15 is 0 Å². The highest BCUT2D eigenvalue weighted by atomic mass is 32.1. The van der Waals surface area contributed by atoms with E-state index in [1.165, 1.54) is 9.75 Å². The SMILES string of the molecule is O[C@H]1COCCN(Cc2ccc(-c3ccn[nH]3)s2)C1. The second-order valence-electron chi connectivity index (χ2n) is 4.70. The first-order chi connectivity index (χ1) is 9.31. The van der Waals surface area contributed by atoms with E-state index in [0.717, 1.165) is 18.8 Å². The number of nitrogens with one attached hydrogen (secondary N) is 1. The van der Waals surface area contributed by atoms with Gasteiger partial charge in [-0.15, -0.1) is 11.3 Å². The van der Waals surface area contributed by atoms with Gasteiger partial charge in [0.05, 0.1) is 29.9 Å². The molecular weight excluding hydrogens is 262 g/mol. The zero-order valence-corrected chi connectivity index (χ0v) is 11.4. The Morgan fingerprint density at radius 3 is 3.26 bits per heavy atom. The van der Waals surface area contributed by atoms with Gasteiger partial charge in [0.15, 0.2) is 0 Å². The molecule has 3 heterocycles. The standard InChI is InChI=1S/C13H17N3O2S/c17-10-7-16(5-6-18-9-10)8-11-1-2-13(19-11)12-3-4-14-15-12/h1-4,10,17H,5-9H2,(H,14,15)/t10-/m1/s1. The lowest BCUT2D eigenvalue weighted by atomic mass is 10.3. The van der Waals surface area contributed by atoms with Crippen LogP contribution in [0, 0.1) is 0 Å². The summed E-state index contributed by atoms with van der Waals surface area (Å²) in [5, 5.41) is 16.7. The van der Waals surface area contributed by atoms with Gasteiger partial charge in [-0.3, -0.25) is 10.00 Å². The molecule has 0 radical (unpaired) electrons. The Hall–Kier alpha value is -1.21. The molecule has 3 rings (SSSR count). The van der Waals surface area contributed by atoms with Gasteiger partial charge in [0.2, 0.25) is 0 Å². The lowest BCUT2D eigenvalue weighted by Crippen LogP contribution is -2.31. The highest BCUT2D eigenvalue weighted by Crippen LogP contribution is 2.27. The molecule has 6 heteroatoms. The Bertz CT molecular complexity index is 512. The van der Waals surface area contributed by atoms with Crippen LogP contribution in [0.5, 0.6) is 0 Å². The summed E-state index contributed by atoms with van der Waals surface area (Å²) < 4.78 is 5.34. The summed E-state index contributed by atoms with van der Waals surface area (Å²) in [5.41, 5.74) is 1.05. The Morgan fingerprint density at radius 2 is 2.42 bits per heavy atom. The highest BCUT2D eigenvalue weighted by molar-refractivity contribution is 7.15. The summed E-state index contributed by atoms with van der Waals surface area (Å²) in [6.07, 6.45) is 1.38. The van der Waals surface area contributed by atoms with Gasteiger partial charge in [0.1, 0.15) is 0 Å². The van der Waals surface area contributed by atoms with Gasteiger partial charge < -0.3 is 9.84 Å². The van der Waals surface area contributed by atoms with Gasteiger partial charge in [-0.05, 0) is 18.2 Å². The minimum Gasteiger partial charge on any atom is -0.389 e. The molecular formula is C13H17N3O2S. The normalized spacial score (nSPS) is 21.4. The molecule has 1 aliphatic rings. The fourth-order valence-electron chi connectivity index (χ4n) is 2.22. The number of aliphatic hydroxyl groups excluding tert-OH is 1. The average molecular weight is 279 g/mol. The number of aliphatic hydroxyl groups is 1. The number of hydrogen-bond acceptors (Lipinski definition) is 5. The van der Waals surface area contributed by atoms with E-state index in [2.05, 4.69) is 27.2 Å². The summed E-state index contributed by atoms with van der Waals surface area (Å²) in [6.45, 7) is 3.54. The fourth-order valence-corrected chi connectivity index (χ4v) is 3.25. The van der Waals surface area contributed by atoms with Crippen molar-refractivity contribution in [1.29, 1.82) is 0 Å². The van der Waals surface area contributed by atoms with Crippen LogP contribution in [0.3, 0.4) is 0 Å². The molecule has 102 valence electrons. The third-order valence-corrected chi connectivity index (χ3v) is 4.24. The summed E-state index contributed by atoms with van der Waals surface area (Å²) in [6, 6.07) is 6.22. The summed E-state index contributed by atoms with van der Waals surface area (Å²) in [7, 11) is 0. The van der Waals surface area contributed by atoms with Crippen LogP contribution in [-0.4, -0.2) is 52.6 Å². The summed E-state index contributed by atoms with van der Waals surface area (Å²) in [4.78, 5) is 4.72. The zero-order valence-electron chi connectivity index (χ0n) is 10.6. The van der Waals surface area contributed by atoms with Crippen LogP contribution in [0.25, 0.3) is 10.6 Å². The number of rotatable bonds is 3. The van der Waals surface area contributed by atoms with Crippen LogP contribution in [0.4, 0.5) is 0 Å². The summed E-state index contributed by atoms with van der Waals surface area (Å²) in [5.74, 6) is 0. The van der Waals surface area contributed by atoms with Crippen molar-refractivity contribution in [2.75, 3.05) is 26.3 Å². The van der Waals surface area contributed by atoms with Crippen molar-refractivity contribution in [2.45, 2.75) is 12.6 Å². The third-order valence-electron chi connectivity index (χ3n) is 3.14. The molecule has 2 N–H and O–H groups in total. The topological polar surface area (TPSA) is 61.4 Å². The minimum atomic E-state index is -0.380. The zero-order chi connectivity index (χ0) is 13.1. The van der Waals surface area contributed by atoms with Crippen molar-refractivity contribution >= 4 is 11.3 Å². The molecule has 1 aliphatic heterocycles.